The quantitative estimate of drug-likeness (QED) is 0.614. The summed E-state index contributed by atoms with van der Waals surface area (Å²) >= 11 is 0. The van der Waals surface area contributed by atoms with E-state index in [4.69, 9.17) is 4.84 Å². The number of rotatable bonds is 5. The van der Waals surface area contributed by atoms with Gasteiger partial charge in [-0.2, -0.15) is 0 Å². The monoisotopic (exact) mass is 516 g/mol. The zero-order valence-corrected chi connectivity index (χ0v) is 19.3. The zero-order chi connectivity index (χ0) is 25.1. The standard InChI is InChI=1S/C22H21F5N4O3S/c1-11-4-13(20-14(24)5-12(23)6-15(20)25)21(28-8-11)18-7-19(29-34-18)31-9-16(26)17(10-31)30-35(32,33)22(27)2-3-22/h4-6,8,16-18,30H,2-3,7,9-10H2,1H3/t16-,17+,18-/m0/s1. The van der Waals surface area contributed by atoms with Gasteiger partial charge in [-0.1, -0.05) is 5.16 Å². The summed E-state index contributed by atoms with van der Waals surface area (Å²) in [5, 5.41) is 1.61. The number of sulfonamides is 1. The Balaban J connectivity index is 1.34. The summed E-state index contributed by atoms with van der Waals surface area (Å²) in [5.41, 5.74) is 0.353. The number of nitrogens with zero attached hydrogens (tertiary/aromatic N) is 3. The van der Waals surface area contributed by atoms with Crippen LogP contribution in [0.1, 0.15) is 36.6 Å². The number of hydrogen-bond acceptors (Lipinski definition) is 6. The first-order chi connectivity index (χ1) is 16.5. The molecule has 0 unspecified atom stereocenters. The number of pyridine rings is 1. The smallest absolute Gasteiger partial charge is 0.247 e. The highest BCUT2D eigenvalue weighted by Crippen LogP contribution is 2.44. The number of benzene rings is 1. The van der Waals surface area contributed by atoms with Gasteiger partial charge in [0.05, 0.1) is 30.3 Å². The van der Waals surface area contributed by atoms with Crippen molar-refractivity contribution in [2.24, 2.45) is 5.16 Å². The van der Waals surface area contributed by atoms with Gasteiger partial charge in [-0.05, 0) is 18.6 Å². The Morgan fingerprint density at radius 3 is 2.49 bits per heavy atom. The number of halogens is 5. The van der Waals surface area contributed by atoms with E-state index in [9.17, 15) is 30.4 Å². The second-order valence-electron chi connectivity index (χ2n) is 9.03. The molecule has 1 N–H and O–H groups in total. The maximum absolute atomic E-state index is 14.6. The van der Waals surface area contributed by atoms with E-state index >= 15 is 0 Å². The molecule has 1 aromatic carbocycles. The van der Waals surface area contributed by atoms with Gasteiger partial charge in [0.2, 0.25) is 15.0 Å². The van der Waals surface area contributed by atoms with Crippen molar-refractivity contribution >= 4 is 15.9 Å². The van der Waals surface area contributed by atoms with Gasteiger partial charge >= 0.3 is 0 Å². The number of nitrogens with one attached hydrogen (secondary N) is 1. The van der Waals surface area contributed by atoms with Crippen molar-refractivity contribution in [3.63, 3.8) is 0 Å². The SMILES string of the molecule is Cc1cnc([C@@H]2CC(N3C[C@H](F)[C@H](NS(=O)(=O)C4(F)CC4)C3)=NO2)c(-c2c(F)cc(F)cc2F)c1. The minimum Gasteiger partial charge on any atom is -0.384 e. The predicted molar refractivity (Wildman–Crippen MR) is 116 cm³/mol. The van der Waals surface area contributed by atoms with E-state index in [1.165, 1.54) is 17.2 Å². The largest absolute Gasteiger partial charge is 0.384 e. The summed E-state index contributed by atoms with van der Waals surface area (Å²) in [4.78, 5) is 11.2. The third-order valence-corrected chi connectivity index (χ3v) is 8.32. The van der Waals surface area contributed by atoms with Crippen molar-refractivity contribution in [2.75, 3.05) is 13.1 Å². The van der Waals surface area contributed by atoms with Crippen LogP contribution >= 0.6 is 0 Å². The molecule has 7 nitrogen and oxygen atoms in total. The highest BCUT2D eigenvalue weighted by molar-refractivity contribution is 7.91. The predicted octanol–water partition coefficient (Wildman–Crippen LogP) is 3.65. The number of aryl methyl sites for hydroxylation is 1. The van der Waals surface area contributed by atoms with Gasteiger partial charge in [0.25, 0.3) is 0 Å². The van der Waals surface area contributed by atoms with Gasteiger partial charge in [-0.25, -0.2) is 35.1 Å². The fourth-order valence-electron chi connectivity index (χ4n) is 4.29. The molecule has 0 radical (unpaired) electrons. The minimum atomic E-state index is -4.32. The molecule has 2 fully saturated rings. The lowest BCUT2D eigenvalue weighted by atomic mass is 9.97. The van der Waals surface area contributed by atoms with Gasteiger partial charge in [0, 0.05) is 43.3 Å². The normalized spacial score (nSPS) is 25.5. The van der Waals surface area contributed by atoms with E-state index in [-0.39, 0.29) is 49.4 Å². The molecule has 1 saturated heterocycles. The lowest BCUT2D eigenvalue weighted by molar-refractivity contribution is 0.0828. The van der Waals surface area contributed by atoms with Crippen molar-refractivity contribution < 1.29 is 35.2 Å². The van der Waals surface area contributed by atoms with E-state index in [0.29, 0.717) is 17.7 Å². The summed E-state index contributed by atoms with van der Waals surface area (Å²) in [6.07, 6.45) is -1.20. The van der Waals surface area contributed by atoms with Crippen LogP contribution in [-0.4, -0.2) is 54.4 Å². The highest BCUT2D eigenvalue weighted by Gasteiger charge is 2.57. The molecule has 3 heterocycles. The Bertz CT molecular complexity index is 1300. The number of amidine groups is 1. The van der Waals surface area contributed by atoms with Crippen LogP contribution in [0.5, 0.6) is 0 Å². The lowest BCUT2D eigenvalue weighted by Gasteiger charge is -2.18. The van der Waals surface area contributed by atoms with Crippen LogP contribution in [0, 0.1) is 24.4 Å². The molecule has 2 aromatic rings. The number of aromatic nitrogens is 1. The molecule has 0 spiro atoms. The molecule has 1 aromatic heterocycles. The Kier molecular flexibility index (Phi) is 5.74. The van der Waals surface area contributed by atoms with Crippen LogP contribution in [0.25, 0.3) is 11.1 Å². The van der Waals surface area contributed by atoms with Crippen molar-refractivity contribution in [3.05, 3.63) is 53.1 Å². The molecule has 35 heavy (non-hydrogen) atoms. The van der Waals surface area contributed by atoms with Gasteiger partial charge in [-0.3, -0.25) is 4.98 Å². The molecular formula is C22H21F5N4O3S. The first-order valence-corrected chi connectivity index (χ1v) is 12.4. The second-order valence-corrected chi connectivity index (χ2v) is 11.0. The summed E-state index contributed by atoms with van der Waals surface area (Å²) in [6, 6.07) is 1.47. The topological polar surface area (TPSA) is 83.9 Å². The van der Waals surface area contributed by atoms with E-state index < -0.39 is 56.4 Å². The summed E-state index contributed by atoms with van der Waals surface area (Å²) in [6.45, 7) is 1.38. The Hall–Kier alpha value is -2.80. The molecule has 13 heteroatoms. The third kappa shape index (κ3) is 4.35. The van der Waals surface area contributed by atoms with E-state index in [0.717, 1.165) is 0 Å². The van der Waals surface area contributed by atoms with Crippen LogP contribution in [0.2, 0.25) is 0 Å². The van der Waals surface area contributed by atoms with Crippen LogP contribution in [0.15, 0.2) is 29.6 Å². The summed E-state index contributed by atoms with van der Waals surface area (Å²) < 4.78 is 97.5. The maximum atomic E-state index is 14.6. The third-order valence-electron chi connectivity index (χ3n) is 6.33. The van der Waals surface area contributed by atoms with Gasteiger partial charge in [-0.15, -0.1) is 0 Å². The molecule has 1 saturated carbocycles. The zero-order valence-electron chi connectivity index (χ0n) is 18.4. The number of alkyl halides is 2. The molecule has 3 aliphatic rings. The Morgan fingerprint density at radius 2 is 1.83 bits per heavy atom. The molecule has 0 amide bonds. The van der Waals surface area contributed by atoms with Crippen molar-refractivity contribution in [1.29, 1.82) is 0 Å². The molecule has 2 aliphatic heterocycles. The van der Waals surface area contributed by atoms with Crippen molar-refractivity contribution in [3.8, 4) is 11.1 Å². The molecule has 0 bridgehead atoms. The van der Waals surface area contributed by atoms with E-state index in [2.05, 4.69) is 14.9 Å². The average Bonchev–Trinajstić information content (AvgIpc) is 3.19. The average molecular weight is 516 g/mol. The number of oxime groups is 1. The Morgan fingerprint density at radius 1 is 1.14 bits per heavy atom. The molecule has 3 atom stereocenters. The molecule has 188 valence electrons. The van der Waals surface area contributed by atoms with Crippen LogP contribution in [-0.2, 0) is 14.9 Å². The number of likely N-dealkylation sites (tertiary alicyclic amines) is 1. The highest BCUT2D eigenvalue weighted by atomic mass is 32.2. The first-order valence-electron chi connectivity index (χ1n) is 10.9. The lowest BCUT2D eigenvalue weighted by Crippen LogP contribution is -2.45. The second kappa shape index (κ2) is 8.40. The maximum Gasteiger partial charge on any atom is 0.247 e. The van der Waals surface area contributed by atoms with E-state index in [1.54, 1.807) is 6.92 Å². The van der Waals surface area contributed by atoms with Gasteiger partial charge in [0.15, 0.2) is 6.10 Å². The van der Waals surface area contributed by atoms with Crippen molar-refractivity contribution in [1.82, 2.24) is 14.6 Å². The van der Waals surface area contributed by atoms with Crippen molar-refractivity contribution in [2.45, 2.75) is 49.5 Å². The minimum absolute atomic E-state index is 0.0622. The van der Waals surface area contributed by atoms with Crippen LogP contribution in [0.3, 0.4) is 0 Å². The fraction of sp³-hybridized carbons (Fsp3) is 0.455. The molecule has 5 rings (SSSR count). The van der Waals surface area contributed by atoms with Gasteiger partial charge in [0.1, 0.15) is 29.5 Å². The number of hydrogen-bond donors (Lipinski definition) is 1. The Labute approximate surface area is 198 Å². The molecular weight excluding hydrogens is 495 g/mol. The summed E-state index contributed by atoms with van der Waals surface area (Å²) in [5.74, 6) is -2.99. The van der Waals surface area contributed by atoms with Crippen LogP contribution < -0.4 is 4.72 Å². The first kappa shape index (κ1) is 23.9. The van der Waals surface area contributed by atoms with E-state index in [1.807, 2.05) is 0 Å². The molecule has 1 aliphatic carbocycles. The van der Waals surface area contributed by atoms with Gasteiger partial charge < -0.3 is 9.74 Å². The summed E-state index contributed by atoms with van der Waals surface area (Å²) in [7, 11) is -4.32. The van der Waals surface area contributed by atoms with Crippen LogP contribution in [0.4, 0.5) is 22.0 Å². The fourth-order valence-corrected chi connectivity index (χ4v) is 5.76.